The van der Waals surface area contributed by atoms with E-state index in [-0.39, 0.29) is 17.9 Å². The Hall–Kier alpha value is -1.77. The number of benzene rings is 1. The van der Waals surface area contributed by atoms with Gasteiger partial charge in [-0.2, -0.15) is 0 Å². The maximum absolute atomic E-state index is 10.4. The summed E-state index contributed by atoms with van der Waals surface area (Å²) in [5.41, 5.74) is 0.714. The van der Waals surface area contributed by atoms with E-state index in [1.807, 2.05) is 6.07 Å². The molecule has 0 aromatic heterocycles. The molecule has 0 amide bonds. The van der Waals surface area contributed by atoms with Gasteiger partial charge >= 0.3 is 0 Å². The third-order valence-corrected chi connectivity index (χ3v) is 1.92. The maximum atomic E-state index is 10.4. The highest BCUT2D eigenvalue weighted by Crippen LogP contribution is 2.29. The van der Waals surface area contributed by atoms with Gasteiger partial charge in [0, 0.05) is 0 Å². The molecule has 65 valence electrons. The molecule has 0 atom stereocenters. The molecule has 2 rings (SSSR count). The summed E-state index contributed by atoms with van der Waals surface area (Å²) < 4.78 is 5.22. The zero-order chi connectivity index (χ0) is 9.26. The second kappa shape index (κ2) is 2.94. The predicted molar refractivity (Wildman–Crippen MR) is 47.2 cm³/mol. The molecule has 0 spiro atoms. The minimum atomic E-state index is -0.0307. The average molecular weight is 175 g/mol. The van der Waals surface area contributed by atoms with Crippen LogP contribution in [-0.4, -0.2) is 18.0 Å². The Labute approximate surface area is 75.3 Å². The van der Waals surface area contributed by atoms with Crippen LogP contribution in [-0.2, 0) is 4.79 Å². The molecular formula is C10H7O3. The van der Waals surface area contributed by atoms with Crippen molar-refractivity contribution in [2.45, 2.75) is 0 Å². The first kappa shape index (κ1) is 7.86. The van der Waals surface area contributed by atoms with Gasteiger partial charge in [0.2, 0.25) is 6.29 Å². The SMILES string of the molecule is O=[C]C1=C(O)c2ccccc2OC1. The molecule has 1 aliphatic heterocycles. The molecule has 3 heteroatoms. The Kier molecular flexibility index (Phi) is 1.77. The summed E-state index contributed by atoms with van der Waals surface area (Å²) >= 11 is 0. The van der Waals surface area contributed by atoms with Crippen LogP contribution in [0.2, 0.25) is 0 Å². The maximum Gasteiger partial charge on any atom is 0.236 e. The number of ether oxygens (including phenoxy) is 1. The monoisotopic (exact) mass is 175 g/mol. The van der Waals surface area contributed by atoms with Crippen LogP contribution < -0.4 is 4.74 Å². The highest BCUT2D eigenvalue weighted by atomic mass is 16.5. The Morgan fingerprint density at radius 1 is 1.38 bits per heavy atom. The van der Waals surface area contributed by atoms with E-state index in [4.69, 9.17) is 4.74 Å². The van der Waals surface area contributed by atoms with Gasteiger partial charge in [0.25, 0.3) is 0 Å². The topological polar surface area (TPSA) is 46.5 Å². The molecule has 0 unspecified atom stereocenters. The van der Waals surface area contributed by atoms with Crippen molar-refractivity contribution in [2.24, 2.45) is 0 Å². The molecule has 0 aliphatic carbocycles. The average Bonchev–Trinajstić information content (AvgIpc) is 2.19. The minimum absolute atomic E-state index is 0.0307. The summed E-state index contributed by atoms with van der Waals surface area (Å²) in [6, 6.07) is 7.02. The summed E-state index contributed by atoms with van der Waals surface area (Å²) in [6.07, 6.45) is 1.65. The third-order valence-electron chi connectivity index (χ3n) is 1.92. The van der Waals surface area contributed by atoms with Crippen LogP contribution in [0.15, 0.2) is 29.8 Å². The lowest BCUT2D eigenvalue weighted by Gasteiger charge is -2.16. The fourth-order valence-electron chi connectivity index (χ4n) is 1.25. The zero-order valence-corrected chi connectivity index (χ0v) is 6.78. The van der Waals surface area contributed by atoms with E-state index in [1.54, 1.807) is 24.5 Å². The molecule has 1 heterocycles. The molecule has 1 aliphatic rings. The molecule has 1 aromatic carbocycles. The largest absolute Gasteiger partial charge is 0.507 e. The molecule has 0 saturated carbocycles. The predicted octanol–water partition coefficient (Wildman–Crippen LogP) is 1.46. The second-order valence-corrected chi connectivity index (χ2v) is 2.71. The van der Waals surface area contributed by atoms with Crippen molar-refractivity contribution in [1.82, 2.24) is 0 Å². The van der Waals surface area contributed by atoms with Crippen molar-refractivity contribution in [3.63, 3.8) is 0 Å². The quantitative estimate of drug-likeness (QED) is 0.702. The van der Waals surface area contributed by atoms with Crippen molar-refractivity contribution in [1.29, 1.82) is 0 Å². The fourth-order valence-corrected chi connectivity index (χ4v) is 1.25. The van der Waals surface area contributed by atoms with Crippen LogP contribution in [0.1, 0.15) is 5.56 Å². The summed E-state index contributed by atoms with van der Waals surface area (Å²) in [5, 5.41) is 9.56. The molecule has 0 fully saturated rings. The van der Waals surface area contributed by atoms with Gasteiger partial charge < -0.3 is 9.84 Å². The van der Waals surface area contributed by atoms with E-state index in [0.29, 0.717) is 11.3 Å². The number of aliphatic hydroxyl groups is 1. The Bertz CT molecular complexity index is 380. The van der Waals surface area contributed by atoms with Crippen LogP contribution in [0.4, 0.5) is 0 Å². The van der Waals surface area contributed by atoms with E-state index < -0.39 is 0 Å². The minimum Gasteiger partial charge on any atom is -0.507 e. The van der Waals surface area contributed by atoms with E-state index in [1.165, 1.54) is 0 Å². The standard InChI is InChI=1S/C10H7O3/c11-5-7-6-13-9-4-2-1-3-8(9)10(7)12/h1-4,12H,6H2. The number of para-hydroxylation sites is 1. The molecule has 0 bridgehead atoms. The summed E-state index contributed by atoms with van der Waals surface area (Å²) in [7, 11) is 0. The highest BCUT2D eigenvalue weighted by Gasteiger charge is 2.18. The van der Waals surface area contributed by atoms with Gasteiger partial charge in [-0.1, -0.05) is 12.1 Å². The Morgan fingerprint density at radius 2 is 2.15 bits per heavy atom. The van der Waals surface area contributed by atoms with Crippen LogP contribution in [0.5, 0.6) is 5.75 Å². The smallest absolute Gasteiger partial charge is 0.236 e. The lowest BCUT2D eigenvalue weighted by molar-refractivity contribution is 0.338. The normalized spacial score (nSPS) is 14.8. The number of hydrogen-bond donors (Lipinski definition) is 1. The highest BCUT2D eigenvalue weighted by molar-refractivity contribution is 5.88. The summed E-state index contributed by atoms with van der Waals surface area (Å²) in [4.78, 5) is 10.4. The zero-order valence-electron chi connectivity index (χ0n) is 6.78. The van der Waals surface area contributed by atoms with E-state index in [2.05, 4.69) is 0 Å². The van der Waals surface area contributed by atoms with Gasteiger partial charge in [-0.15, -0.1) is 0 Å². The number of fused-ring (bicyclic) bond motifs is 1. The van der Waals surface area contributed by atoms with Crippen LogP contribution in [0.3, 0.4) is 0 Å². The van der Waals surface area contributed by atoms with E-state index in [0.717, 1.165) is 0 Å². The number of aliphatic hydroxyl groups excluding tert-OH is 1. The van der Waals surface area contributed by atoms with Crippen molar-refractivity contribution in [3.8, 4) is 5.75 Å². The van der Waals surface area contributed by atoms with Gasteiger partial charge in [-0.3, -0.25) is 4.79 Å². The van der Waals surface area contributed by atoms with Crippen molar-refractivity contribution < 1.29 is 14.6 Å². The van der Waals surface area contributed by atoms with Crippen molar-refractivity contribution in [2.75, 3.05) is 6.61 Å². The van der Waals surface area contributed by atoms with Gasteiger partial charge in [0.15, 0.2) is 0 Å². The number of carbonyl (C=O) groups excluding carboxylic acids is 1. The lowest BCUT2D eigenvalue weighted by Crippen LogP contribution is -2.11. The van der Waals surface area contributed by atoms with Gasteiger partial charge in [-0.25, -0.2) is 0 Å². The molecule has 13 heavy (non-hydrogen) atoms. The van der Waals surface area contributed by atoms with Crippen LogP contribution >= 0.6 is 0 Å². The second-order valence-electron chi connectivity index (χ2n) is 2.71. The van der Waals surface area contributed by atoms with Crippen LogP contribution in [0.25, 0.3) is 5.76 Å². The third kappa shape index (κ3) is 1.18. The lowest BCUT2D eigenvalue weighted by atomic mass is 10.1. The van der Waals surface area contributed by atoms with Gasteiger partial charge in [-0.05, 0) is 12.1 Å². The number of rotatable bonds is 1. The van der Waals surface area contributed by atoms with Crippen molar-refractivity contribution >= 4 is 12.0 Å². The van der Waals surface area contributed by atoms with Crippen molar-refractivity contribution in [3.05, 3.63) is 35.4 Å². The first-order valence-corrected chi connectivity index (χ1v) is 3.85. The first-order chi connectivity index (χ1) is 6.33. The van der Waals surface area contributed by atoms with Gasteiger partial charge in [0.05, 0.1) is 11.1 Å². The molecule has 1 N–H and O–H groups in total. The fraction of sp³-hybridized carbons (Fsp3) is 0.100. The summed E-state index contributed by atoms with van der Waals surface area (Å²) in [5.74, 6) is 0.566. The van der Waals surface area contributed by atoms with Crippen LogP contribution in [0, 0.1) is 0 Å². The number of hydrogen-bond acceptors (Lipinski definition) is 3. The molecule has 1 aromatic rings. The van der Waals surface area contributed by atoms with Gasteiger partial charge in [0.1, 0.15) is 18.1 Å². The van der Waals surface area contributed by atoms with E-state index in [9.17, 15) is 9.90 Å². The molecule has 1 radical (unpaired) electrons. The van der Waals surface area contributed by atoms with E-state index >= 15 is 0 Å². The first-order valence-electron chi connectivity index (χ1n) is 3.85. The molecule has 0 saturated heterocycles. The molecule has 3 nitrogen and oxygen atoms in total. The summed E-state index contributed by atoms with van der Waals surface area (Å²) in [6.45, 7) is 0.0896. The molecular weight excluding hydrogens is 168 g/mol. The Balaban J connectivity index is 2.58. The Morgan fingerprint density at radius 3 is 2.92 bits per heavy atom.